The zero-order chi connectivity index (χ0) is 11.4. The van der Waals surface area contributed by atoms with Gasteiger partial charge in [0.1, 0.15) is 0 Å². The Morgan fingerprint density at radius 1 is 1.38 bits per heavy atom. The Labute approximate surface area is 104 Å². The van der Waals surface area contributed by atoms with E-state index < -0.39 is 0 Å². The van der Waals surface area contributed by atoms with Crippen molar-refractivity contribution in [3.63, 3.8) is 0 Å². The number of pyridine rings is 1. The standard InChI is InChI=1S/C12H15BrN2O/c13-10-8-14-7-6-11(10)15-12(16)9-4-2-1-3-5-9/h6-9H,1-5H2,(H,14,15,16). The number of rotatable bonds is 2. The summed E-state index contributed by atoms with van der Waals surface area (Å²) in [5.74, 6) is 0.334. The molecule has 0 aromatic carbocycles. The molecule has 0 unspecified atom stereocenters. The van der Waals surface area contributed by atoms with E-state index in [1.807, 2.05) is 6.07 Å². The van der Waals surface area contributed by atoms with Gasteiger partial charge in [0.05, 0.1) is 10.2 Å². The summed E-state index contributed by atoms with van der Waals surface area (Å²) in [7, 11) is 0. The van der Waals surface area contributed by atoms with Crippen LogP contribution in [0.3, 0.4) is 0 Å². The Hall–Kier alpha value is -0.900. The Kier molecular flexibility index (Phi) is 3.93. The number of carbonyl (C=O) groups is 1. The van der Waals surface area contributed by atoms with Crippen LogP contribution in [0.1, 0.15) is 32.1 Å². The molecular weight excluding hydrogens is 268 g/mol. The van der Waals surface area contributed by atoms with Gasteiger partial charge < -0.3 is 5.32 Å². The van der Waals surface area contributed by atoms with Gasteiger partial charge in [0.15, 0.2) is 0 Å². The Morgan fingerprint density at radius 2 is 2.12 bits per heavy atom. The molecule has 0 radical (unpaired) electrons. The summed E-state index contributed by atoms with van der Waals surface area (Å²) < 4.78 is 0.833. The summed E-state index contributed by atoms with van der Waals surface area (Å²) in [5, 5.41) is 2.95. The van der Waals surface area contributed by atoms with Crippen molar-refractivity contribution in [3.05, 3.63) is 22.9 Å². The maximum absolute atomic E-state index is 12.0. The largest absolute Gasteiger partial charge is 0.325 e. The van der Waals surface area contributed by atoms with E-state index in [0.717, 1.165) is 23.0 Å². The lowest BCUT2D eigenvalue weighted by Gasteiger charge is -2.20. The average Bonchev–Trinajstić information content (AvgIpc) is 2.33. The van der Waals surface area contributed by atoms with E-state index in [1.54, 1.807) is 12.4 Å². The van der Waals surface area contributed by atoms with Crippen LogP contribution in [0, 0.1) is 5.92 Å². The number of nitrogens with one attached hydrogen (secondary N) is 1. The number of halogens is 1. The van der Waals surface area contributed by atoms with Crippen molar-refractivity contribution >= 4 is 27.5 Å². The molecule has 1 saturated carbocycles. The predicted octanol–water partition coefficient (Wildman–Crippen LogP) is 3.36. The highest BCUT2D eigenvalue weighted by Crippen LogP contribution is 2.26. The smallest absolute Gasteiger partial charge is 0.227 e. The molecular formula is C12H15BrN2O. The fraction of sp³-hybridized carbons (Fsp3) is 0.500. The third-order valence-corrected chi connectivity index (χ3v) is 3.64. The summed E-state index contributed by atoms with van der Waals surface area (Å²) in [5.41, 5.74) is 0.811. The van der Waals surface area contributed by atoms with Crippen LogP contribution < -0.4 is 5.32 Å². The van der Waals surface area contributed by atoms with E-state index in [0.29, 0.717) is 0 Å². The van der Waals surface area contributed by atoms with Crippen LogP contribution in [0.2, 0.25) is 0 Å². The summed E-state index contributed by atoms with van der Waals surface area (Å²) in [6.45, 7) is 0. The molecule has 0 atom stereocenters. The molecule has 0 spiro atoms. The Morgan fingerprint density at radius 3 is 2.81 bits per heavy atom. The minimum atomic E-state index is 0.145. The first-order chi connectivity index (χ1) is 7.77. The lowest BCUT2D eigenvalue weighted by Crippen LogP contribution is -2.24. The quantitative estimate of drug-likeness (QED) is 0.904. The molecule has 0 saturated heterocycles. The fourth-order valence-corrected chi connectivity index (χ4v) is 2.43. The maximum atomic E-state index is 12.0. The molecule has 4 heteroatoms. The van der Waals surface area contributed by atoms with Crippen LogP contribution >= 0.6 is 15.9 Å². The van der Waals surface area contributed by atoms with Gasteiger partial charge in [-0.3, -0.25) is 9.78 Å². The summed E-state index contributed by atoms with van der Waals surface area (Å²) >= 11 is 3.37. The van der Waals surface area contributed by atoms with Crippen molar-refractivity contribution in [2.24, 2.45) is 5.92 Å². The monoisotopic (exact) mass is 282 g/mol. The van der Waals surface area contributed by atoms with Gasteiger partial charge in [0.2, 0.25) is 5.91 Å². The molecule has 1 aliphatic rings. The third-order valence-electron chi connectivity index (χ3n) is 3.01. The van der Waals surface area contributed by atoms with Gasteiger partial charge in [0.25, 0.3) is 0 Å². The summed E-state index contributed by atoms with van der Waals surface area (Å²) in [6.07, 6.45) is 9.04. The molecule has 3 nitrogen and oxygen atoms in total. The number of hydrogen-bond donors (Lipinski definition) is 1. The van der Waals surface area contributed by atoms with E-state index in [4.69, 9.17) is 0 Å². The van der Waals surface area contributed by atoms with Crippen LogP contribution in [0.4, 0.5) is 5.69 Å². The van der Waals surface area contributed by atoms with Crippen LogP contribution in [-0.2, 0) is 4.79 Å². The van der Waals surface area contributed by atoms with Crippen molar-refractivity contribution in [2.75, 3.05) is 5.32 Å². The van der Waals surface area contributed by atoms with Gasteiger partial charge in [-0.15, -0.1) is 0 Å². The molecule has 1 aliphatic carbocycles. The molecule has 16 heavy (non-hydrogen) atoms. The number of nitrogens with zero attached hydrogens (tertiary/aromatic N) is 1. The molecule has 0 bridgehead atoms. The lowest BCUT2D eigenvalue weighted by molar-refractivity contribution is -0.120. The highest BCUT2D eigenvalue weighted by Gasteiger charge is 2.21. The van der Waals surface area contributed by atoms with Crippen molar-refractivity contribution < 1.29 is 4.79 Å². The van der Waals surface area contributed by atoms with Gasteiger partial charge in [-0.1, -0.05) is 19.3 Å². The van der Waals surface area contributed by atoms with Crippen molar-refractivity contribution in [1.82, 2.24) is 4.98 Å². The predicted molar refractivity (Wildman–Crippen MR) is 67.1 cm³/mol. The second kappa shape index (κ2) is 5.43. The minimum absolute atomic E-state index is 0.145. The van der Waals surface area contributed by atoms with E-state index in [9.17, 15) is 4.79 Å². The van der Waals surface area contributed by atoms with Crippen LogP contribution in [-0.4, -0.2) is 10.9 Å². The average molecular weight is 283 g/mol. The van der Waals surface area contributed by atoms with Crippen molar-refractivity contribution in [2.45, 2.75) is 32.1 Å². The van der Waals surface area contributed by atoms with Gasteiger partial charge in [-0.05, 0) is 34.8 Å². The molecule has 86 valence electrons. The maximum Gasteiger partial charge on any atom is 0.227 e. The van der Waals surface area contributed by atoms with Gasteiger partial charge in [-0.2, -0.15) is 0 Å². The van der Waals surface area contributed by atoms with E-state index in [2.05, 4.69) is 26.2 Å². The van der Waals surface area contributed by atoms with Gasteiger partial charge in [-0.25, -0.2) is 0 Å². The molecule has 1 amide bonds. The van der Waals surface area contributed by atoms with E-state index >= 15 is 0 Å². The molecule has 1 aromatic rings. The molecule has 2 rings (SSSR count). The number of aromatic nitrogens is 1. The second-order valence-electron chi connectivity index (χ2n) is 4.18. The Balaban J connectivity index is 1.99. The molecule has 1 fully saturated rings. The highest BCUT2D eigenvalue weighted by atomic mass is 79.9. The number of amides is 1. The van der Waals surface area contributed by atoms with Crippen LogP contribution in [0.15, 0.2) is 22.9 Å². The zero-order valence-corrected chi connectivity index (χ0v) is 10.7. The molecule has 1 aromatic heterocycles. The van der Waals surface area contributed by atoms with Crippen molar-refractivity contribution in [3.8, 4) is 0 Å². The van der Waals surface area contributed by atoms with Gasteiger partial charge in [0, 0.05) is 18.3 Å². The van der Waals surface area contributed by atoms with Crippen LogP contribution in [0.25, 0.3) is 0 Å². The summed E-state index contributed by atoms with van der Waals surface area (Å²) in [4.78, 5) is 15.9. The lowest BCUT2D eigenvalue weighted by atomic mass is 9.88. The molecule has 1 N–H and O–H groups in total. The van der Waals surface area contributed by atoms with E-state index in [-0.39, 0.29) is 11.8 Å². The van der Waals surface area contributed by atoms with Crippen LogP contribution in [0.5, 0.6) is 0 Å². The SMILES string of the molecule is O=C(Nc1ccncc1Br)C1CCCCC1. The second-order valence-corrected chi connectivity index (χ2v) is 5.03. The number of anilines is 1. The topological polar surface area (TPSA) is 42.0 Å². The number of hydrogen-bond acceptors (Lipinski definition) is 2. The Bertz CT molecular complexity index is 375. The highest BCUT2D eigenvalue weighted by molar-refractivity contribution is 9.10. The molecule has 0 aliphatic heterocycles. The fourth-order valence-electron chi connectivity index (χ4n) is 2.08. The minimum Gasteiger partial charge on any atom is -0.325 e. The molecule has 1 heterocycles. The van der Waals surface area contributed by atoms with Crippen molar-refractivity contribution in [1.29, 1.82) is 0 Å². The van der Waals surface area contributed by atoms with E-state index in [1.165, 1.54) is 19.3 Å². The zero-order valence-electron chi connectivity index (χ0n) is 9.08. The first kappa shape index (κ1) is 11.6. The third kappa shape index (κ3) is 2.82. The summed E-state index contributed by atoms with van der Waals surface area (Å²) in [6, 6.07) is 1.81. The van der Waals surface area contributed by atoms with Gasteiger partial charge >= 0.3 is 0 Å². The number of carbonyl (C=O) groups excluding carboxylic acids is 1. The first-order valence-corrected chi connectivity index (χ1v) is 6.47. The normalized spacial score (nSPS) is 17.1. The first-order valence-electron chi connectivity index (χ1n) is 5.68.